The molecule has 3 rings (SSSR count). The summed E-state index contributed by atoms with van der Waals surface area (Å²) in [5, 5.41) is 0. The van der Waals surface area contributed by atoms with Crippen molar-refractivity contribution in [3.8, 4) is 0 Å². The van der Waals surface area contributed by atoms with Crippen LogP contribution < -0.4 is 5.73 Å². The Morgan fingerprint density at radius 3 is 2.11 bits per heavy atom. The van der Waals surface area contributed by atoms with Gasteiger partial charge in [0, 0.05) is 25.1 Å². The lowest BCUT2D eigenvalue weighted by atomic mass is 9.77. The highest BCUT2D eigenvalue weighted by atomic mass is 32.2. The summed E-state index contributed by atoms with van der Waals surface area (Å²) in [5.74, 6) is 0. The van der Waals surface area contributed by atoms with Gasteiger partial charge in [-0.1, -0.05) is 36.4 Å². The molecule has 2 unspecified atom stereocenters. The zero-order valence-electron chi connectivity index (χ0n) is 15.6. The summed E-state index contributed by atoms with van der Waals surface area (Å²) in [6.07, 6.45) is 2.86. The molecule has 0 radical (unpaired) electrons. The number of nitrogens with two attached hydrogens (primary N) is 1. The molecule has 0 bridgehead atoms. The summed E-state index contributed by atoms with van der Waals surface area (Å²) in [6.45, 7) is 0.701. The number of likely N-dealkylation sites (tertiary alicyclic amines) is 1. The van der Waals surface area contributed by atoms with E-state index in [2.05, 4.69) is 4.90 Å². The van der Waals surface area contributed by atoms with Crippen LogP contribution in [0.4, 0.5) is 0 Å². The molecule has 8 heteroatoms. The van der Waals surface area contributed by atoms with Crippen LogP contribution in [0.3, 0.4) is 0 Å². The molecule has 0 aliphatic carbocycles. The Balaban J connectivity index is 2.41. The number of hydrogen-bond acceptors (Lipinski definition) is 6. The third-order valence-electron chi connectivity index (χ3n) is 5.32. The number of likely N-dealkylation sites (N-methyl/N-ethyl adjacent to an activating group) is 1. The molecule has 1 heterocycles. The second-order valence-corrected chi connectivity index (χ2v) is 11.2. The lowest BCUT2D eigenvalue weighted by molar-refractivity contribution is 0.202. The molecule has 2 N–H and O–H groups in total. The van der Waals surface area contributed by atoms with Gasteiger partial charge in [0.25, 0.3) is 0 Å². The largest absolute Gasteiger partial charge is 0.325 e. The first-order chi connectivity index (χ1) is 12.5. The lowest BCUT2D eigenvalue weighted by Crippen LogP contribution is -2.51. The number of benzene rings is 2. The van der Waals surface area contributed by atoms with Gasteiger partial charge in [0.2, 0.25) is 0 Å². The summed E-state index contributed by atoms with van der Waals surface area (Å²) in [4.78, 5) is 2.03. The van der Waals surface area contributed by atoms with E-state index in [4.69, 9.17) is 5.73 Å². The third-order valence-corrected chi connectivity index (χ3v) is 7.57. The monoisotopic (exact) mass is 408 g/mol. The third kappa shape index (κ3) is 3.31. The first kappa shape index (κ1) is 20.0. The van der Waals surface area contributed by atoms with Crippen molar-refractivity contribution in [3.63, 3.8) is 0 Å². The van der Waals surface area contributed by atoms with E-state index in [0.29, 0.717) is 18.5 Å². The minimum Gasteiger partial charge on any atom is -0.325 e. The van der Waals surface area contributed by atoms with E-state index in [1.807, 2.05) is 37.4 Å². The molecule has 0 saturated carbocycles. The molecule has 1 aliphatic rings. The van der Waals surface area contributed by atoms with Crippen LogP contribution in [0.1, 0.15) is 17.5 Å². The summed E-state index contributed by atoms with van der Waals surface area (Å²) >= 11 is 0. The molecule has 0 aromatic heterocycles. The van der Waals surface area contributed by atoms with Gasteiger partial charge in [-0.3, -0.25) is 4.90 Å². The van der Waals surface area contributed by atoms with Gasteiger partial charge in [0.05, 0.1) is 15.3 Å². The lowest BCUT2D eigenvalue weighted by Gasteiger charge is -2.41. The molecule has 1 aliphatic heterocycles. The van der Waals surface area contributed by atoms with Crippen LogP contribution in [0.2, 0.25) is 0 Å². The van der Waals surface area contributed by atoms with Crippen LogP contribution in [0.25, 0.3) is 0 Å². The number of sulfone groups is 2. The Kier molecular flexibility index (Phi) is 4.96. The molecule has 0 spiro atoms. The van der Waals surface area contributed by atoms with E-state index in [1.165, 1.54) is 12.1 Å². The maximum atomic E-state index is 12.6. The minimum absolute atomic E-state index is 0.00141. The van der Waals surface area contributed by atoms with E-state index in [-0.39, 0.29) is 15.8 Å². The van der Waals surface area contributed by atoms with Crippen molar-refractivity contribution in [2.24, 2.45) is 5.73 Å². The van der Waals surface area contributed by atoms with Crippen molar-refractivity contribution >= 4 is 19.7 Å². The smallest absolute Gasteiger partial charge is 0.175 e. The second kappa shape index (κ2) is 6.70. The fourth-order valence-electron chi connectivity index (χ4n) is 4.04. The fourth-order valence-corrected chi connectivity index (χ4v) is 5.73. The van der Waals surface area contributed by atoms with Gasteiger partial charge in [-0.25, -0.2) is 16.8 Å². The first-order valence-corrected chi connectivity index (χ1v) is 12.3. The van der Waals surface area contributed by atoms with Gasteiger partial charge in [0.15, 0.2) is 19.7 Å². The van der Waals surface area contributed by atoms with Crippen molar-refractivity contribution in [3.05, 3.63) is 59.7 Å². The van der Waals surface area contributed by atoms with Gasteiger partial charge in [-0.05, 0) is 36.7 Å². The molecule has 1 fully saturated rings. The Morgan fingerprint density at radius 1 is 1.00 bits per heavy atom. The van der Waals surface area contributed by atoms with Gasteiger partial charge in [0.1, 0.15) is 0 Å². The predicted octanol–water partition coefficient (Wildman–Crippen LogP) is 1.40. The van der Waals surface area contributed by atoms with Gasteiger partial charge in [-0.2, -0.15) is 0 Å². The molecule has 2 atom stereocenters. The van der Waals surface area contributed by atoms with E-state index in [0.717, 1.165) is 18.1 Å². The number of rotatable bonds is 4. The summed E-state index contributed by atoms with van der Waals surface area (Å²) in [5.41, 5.74) is 7.09. The molecule has 6 nitrogen and oxygen atoms in total. The predicted molar refractivity (Wildman–Crippen MR) is 105 cm³/mol. The van der Waals surface area contributed by atoms with Gasteiger partial charge in [-0.15, -0.1) is 0 Å². The Labute approximate surface area is 160 Å². The summed E-state index contributed by atoms with van der Waals surface area (Å²) in [6, 6.07) is 13.5. The number of hydrogen-bond donors (Lipinski definition) is 1. The normalized spacial score (nSPS) is 24.2. The summed E-state index contributed by atoms with van der Waals surface area (Å²) in [7, 11) is -5.33. The first-order valence-electron chi connectivity index (χ1n) is 8.56. The van der Waals surface area contributed by atoms with Crippen molar-refractivity contribution in [2.45, 2.75) is 27.8 Å². The van der Waals surface area contributed by atoms with Crippen molar-refractivity contribution in [1.82, 2.24) is 4.90 Å². The minimum atomic E-state index is -3.69. The van der Waals surface area contributed by atoms with Gasteiger partial charge < -0.3 is 5.73 Å². The van der Waals surface area contributed by atoms with Gasteiger partial charge >= 0.3 is 0 Å². The fraction of sp³-hybridized carbons (Fsp3) is 0.368. The molecular formula is C19H24N2O4S2. The summed E-state index contributed by atoms with van der Waals surface area (Å²) < 4.78 is 49.2. The molecule has 146 valence electrons. The van der Waals surface area contributed by atoms with Crippen molar-refractivity contribution < 1.29 is 16.8 Å². The van der Waals surface area contributed by atoms with Crippen LogP contribution in [0.15, 0.2) is 58.3 Å². The molecule has 1 saturated heterocycles. The quantitative estimate of drug-likeness (QED) is 0.821. The van der Waals surface area contributed by atoms with E-state index in [1.54, 1.807) is 6.07 Å². The average Bonchev–Trinajstić information content (AvgIpc) is 2.89. The molecule has 0 amide bonds. The van der Waals surface area contributed by atoms with Crippen molar-refractivity contribution in [2.75, 3.05) is 26.1 Å². The Bertz CT molecular complexity index is 1050. The van der Waals surface area contributed by atoms with E-state index in [9.17, 15) is 16.8 Å². The maximum Gasteiger partial charge on any atom is 0.175 e. The highest BCUT2D eigenvalue weighted by Crippen LogP contribution is 2.45. The highest BCUT2D eigenvalue weighted by Gasteiger charge is 2.50. The van der Waals surface area contributed by atoms with Crippen molar-refractivity contribution in [1.29, 1.82) is 0 Å². The van der Waals surface area contributed by atoms with Crippen LogP contribution in [0, 0.1) is 0 Å². The van der Waals surface area contributed by atoms with E-state index < -0.39 is 25.2 Å². The SMILES string of the molecule is CN1CCC(N)C1(c1ccccc1)c1ccc(S(C)(=O)=O)cc1S(C)(=O)=O. The van der Waals surface area contributed by atoms with Crippen LogP contribution in [0.5, 0.6) is 0 Å². The highest BCUT2D eigenvalue weighted by molar-refractivity contribution is 7.91. The second-order valence-electron chi connectivity index (χ2n) is 7.15. The zero-order valence-corrected chi connectivity index (χ0v) is 17.2. The van der Waals surface area contributed by atoms with Crippen LogP contribution >= 0.6 is 0 Å². The maximum absolute atomic E-state index is 12.6. The van der Waals surface area contributed by atoms with E-state index >= 15 is 0 Å². The topological polar surface area (TPSA) is 97.5 Å². The standard InChI is InChI=1S/C19H24N2O4S2/c1-21-12-11-18(20)19(21,14-7-5-4-6-8-14)16-10-9-15(26(2,22)23)13-17(16)27(3,24)25/h4-10,13,18H,11-12,20H2,1-3H3. The average molecular weight is 409 g/mol. The zero-order chi connectivity index (χ0) is 20.0. The molecule has 2 aromatic carbocycles. The van der Waals surface area contributed by atoms with Crippen LogP contribution in [-0.4, -0.2) is 53.9 Å². The molecule has 2 aromatic rings. The Morgan fingerprint density at radius 2 is 1.63 bits per heavy atom. The Hall–Kier alpha value is -1.74. The molecule has 27 heavy (non-hydrogen) atoms. The van der Waals surface area contributed by atoms with Crippen LogP contribution in [-0.2, 0) is 25.2 Å². The number of nitrogens with zero attached hydrogens (tertiary/aromatic N) is 1. The molecular weight excluding hydrogens is 384 g/mol.